The molecule has 18 heavy (non-hydrogen) atoms. The van der Waals surface area contributed by atoms with Crippen molar-refractivity contribution < 1.29 is 4.74 Å². The summed E-state index contributed by atoms with van der Waals surface area (Å²) in [6, 6.07) is 0. The molecule has 0 rings (SSSR count). The summed E-state index contributed by atoms with van der Waals surface area (Å²) in [6.45, 7) is 19.0. The van der Waals surface area contributed by atoms with E-state index >= 15 is 0 Å². The highest BCUT2D eigenvalue weighted by atomic mass is 16.5. The van der Waals surface area contributed by atoms with E-state index in [0.29, 0.717) is 17.4 Å². The molecule has 1 nitrogen and oxygen atoms in total. The van der Waals surface area contributed by atoms with Crippen molar-refractivity contribution in [1.82, 2.24) is 0 Å². The molecule has 0 aromatic rings. The van der Waals surface area contributed by atoms with Crippen molar-refractivity contribution in [3.63, 3.8) is 0 Å². The van der Waals surface area contributed by atoms with Gasteiger partial charge in [-0.1, -0.05) is 58.4 Å². The first-order valence-electron chi connectivity index (χ1n) is 5.88. The molecule has 0 aliphatic rings. The summed E-state index contributed by atoms with van der Waals surface area (Å²) in [5.41, 5.74) is 1.14. The Morgan fingerprint density at radius 1 is 0.833 bits per heavy atom. The topological polar surface area (TPSA) is 9.23 Å². The van der Waals surface area contributed by atoms with Crippen molar-refractivity contribution in [2.45, 2.75) is 13.8 Å². The second kappa shape index (κ2) is 9.06. The van der Waals surface area contributed by atoms with E-state index in [-0.39, 0.29) is 0 Å². The van der Waals surface area contributed by atoms with Gasteiger partial charge < -0.3 is 4.74 Å². The van der Waals surface area contributed by atoms with Gasteiger partial charge in [0.25, 0.3) is 0 Å². The lowest BCUT2D eigenvalue weighted by Crippen LogP contribution is -1.91. The predicted molar refractivity (Wildman–Crippen MR) is 81.0 cm³/mol. The molecule has 0 aliphatic heterocycles. The molecule has 1 heteroatoms. The van der Waals surface area contributed by atoms with Gasteiger partial charge in [0, 0.05) is 0 Å². The van der Waals surface area contributed by atoms with Gasteiger partial charge in [-0.05, 0) is 35.8 Å². The first kappa shape index (κ1) is 16.0. The molecule has 0 aromatic heterocycles. The molecular formula is C17H22O. The lowest BCUT2D eigenvalue weighted by molar-refractivity contribution is 0.337. The van der Waals surface area contributed by atoms with Crippen molar-refractivity contribution in [3.05, 3.63) is 85.9 Å². The van der Waals surface area contributed by atoms with Crippen LogP contribution in [0.1, 0.15) is 13.8 Å². The van der Waals surface area contributed by atoms with Gasteiger partial charge in [-0.3, -0.25) is 0 Å². The maximum Gasteiger partial charge on any atom is 0.126 e. The average molecular weight is 242 g/mol. The van der Waals surface area contributed by atoms with Crippen LogP contribution in [0.5, 0.6) is 0 Å². The SMILES string of the molecule is C=C/C=C(\C=C)O/C(C=C)=C/C=C(\C=C)C(C)C. The lowest BCUT2D eigenvalue weighted by atomic mass is 10.0. The van der Waals surface area contributed by atoms with Gasteiger partial charge in [-0.15, -0.1) is 0 Å². The third-order valence-electron chi connectivity index (χ3n) is 2.26. The summed E-state index contributed by atoms with van der Waals surface area (Å²) in [7, 11) is 0. The predicted octanol–water partition coefficient (Wildman–Crippen LogP) is 5.10. The summed E-state index contributed by atoms with van der Waals surface area (Å²) < 4.78 is 5.60. The summed E-state index contributed by atoms with van der Waals surface area (Å²) in [6.07, 6.45) is 12.4. The Kier molecular flexibility index (Phi) is 8.04. The van der Waals surface area contributed by atoms with Crippen LogP contribution in [0, 0.1) is 5.92 Å². The van der Waals surface area contributed by atoms with E-state index in [2.05, 4.69) is 40.2 Å². The minimum absolute atomic E-state index is 0.424. The number of ether oxygens (including phenoxy) is 1. The molecule has 0 radical (unpaired) electrons. The minimum atomic E-state index is 0.424. The number of hydrogen-bond acceptors (Lipinski definition) is 1. The van der Waals surface area contributed by atoms with E-state index < -0.39 is 0 Å². The molecule has 0 saturated heterocycles. The smallest absolute Gasteiger partial charge is 0.126 e. The zero-order chi connectivity index (χ0) is 14.0. The van der Waals surface area contributed by atoms with Gasteiger partial charge in [-0.2, -0.15) is 0 Å². The average Bonchev–Trinajstić information content (AvgIpc) is 2.36. The maximum atomic E-state index is 5.60. The summed E-state index contributed by atoms with van der Waals surface area (Å²) >= 11 is 0. The molecule has 0 atom stereocenters. The molecule has 0 unspecified atom stereocenters. The fraction of sp³-hybridized carbons (Fsp3) is 0.176. The molecule has 96 valence electrons. The van der Waals surface area contributed by atoms with Crippen molar-refractivity contribution in [3.8, 4) is 0 Å². The van der Waals surface area contributed by atoms with Crippen LogP contribution >= 0.6 is 0 Å². The quantitative estimate of drug-likeness (QED) is 0.425. The van der Waals surface area contributed by atoms with Crippen LogP contribution in [-0.4, -0.2) is 0 Å². The monoisotopic (exact) mass is 242 g/mol. The van der Waals surface area contributed by atoms with Crippen molar-refractivity contribution >= 4 is 0 Å². The zero-order valence-corrected chi connectivity index (χ0v) is 11.4. The van der Waals surface area contributed by atoms with Crippen LogP contribution in [0.15, 0.2) is 85.9 Å². The second-order valence-electron chi connectivity index (χ2n) is 3.91. The first-order valence-corrected chi connectivity index (χ1v) is 5.88. The zero-order valence-electron chi connectivity index (χ0n) is 11.4. The minimum Gasteiger partial charge on any atom is -0.457 e. The highest BCUT2D eigenvalue weighted by molar-refractivity contribution is 5.29. The summed E-state index contributed by atoms with van der Waals surface area (Å²) in [5.74, 6) is 1.71. The van der Waals surface area contributed by atoms with Gasteiger partial charge in [0.2, 0.25) is 0 Å². The van der Waals surface area contributed by atoms with Gasteiger partial charge in [0.15, 0.2) is 0 Å². The highest BCUT2D eigenvalue weighted by Gasteiger charge is 1.98. The van der Waals surface area contributed by atoms with Crippen LogP contribution in [0.3, 0.4) is 0 Å². The first-order chi connectivity index (χ1) is 8.58. The van der Waals surface area contributed by atoms with E-state index in [1.807, 2.05) is 18.2 Å². The standard InChI is InChI=1S/C17H22O/c1-7-11-16(9-3)18-17(10-4)13-12-15(8-2)14(5)6/h7-14H,1-4H2,5-6H3/b15-12+,16-11+,17-13+. The summed E-state index contributed by atoms with van der Waals surface area (Å²) in [4.78, 5) is 0. The van der Waals surface area contributed by atoms with E-state index in [1.54, 1.807) is 24.3 Å². The largest absolute Gasteiger partial charge is 0.457 e. The summed E-state index contributed by atoms with van der Waals surface area (Å²) in [5, 5.41) is 0. The molecule has 0 fully saturated rings. The Hall–Kier alpha value is -2.02. The molecule has 0 spiro atoms. The highest BCUT2D eigenvalue weighted by Crippen LogP contribution is 2.13. The van der Waals surface area contributed by atoms with Gasteiger partial charge >= 0.3 is 0 Å². The van der Waals surface area contributed by atoms with Crippen molar-refractivity contribution in [1.29, 1.82) is 0 Å². The van der Waals surface area contributed by atoms with Gasteiger partial charge in [-0.25, -0.2) is 0 Å². The number of hydrogen-bond donors (Lipinski definition) is 0. The van der Waals surface area contributed by atoms with Crippen LogP contribution in [0.25, 0.3) is 0 Å². The third kappa shape index (κ3) is 5.90. The fourth-order valence-corrected chi connectivity index (χ4v) is 1.21. The molecule has 0 amide bonds. The molecule has 0 aromatic carbocycles. The Morgan fingerprint density at radius 2 is 1.39 bits per heavy atom. The van der Waals surface area contributed by atoms with Crippen LogP contribution < -0.4 is 0 Å². The van der Waals surface area contributed by atoms with Crippen molar-refractivity contribution in [2.75, 3.05) is 0 Å². The van der Waals surface area contributed by atoms with Crippen LogP contribution in [-0.2, 0) is 4.74 Å². The third-order valence-corrected chi connectivity index (χ3v) is 2.26. The number of rotatable bonds is 8. The molecule has 0 bridgehead atoms. The number of allylic oxidation sites excluding steroid dienone is 8. The van der Waals surface area contributed by atoms with Gasteiger partial charge in [0.1, 0.15) is 11.5 Å². The molecule has 0 heterocycles. The van der Waals surface area contributed by atoms with E-state index in [1.165, 1.54) is 0 Å². The Bertz CT molecular complexity index is 403. The van der Waals surface area contributed by atoms with Crippen molar-refractivity contribution in [2.24, 2.45) is 5.92 Å². The molecule has 0 N–H and O–H groups in total. The van der Waals surface area contributed by atoms with E-state index in [9.17, 15) is 0 Å². The second-order valence-corrected chi connectivity index (χ2v) is 3.91. The molecule has 0 aliphatic carbocycles. The normalized spacial score (nSPS) is 13.2. The Morgan fingerprint density at radius 3 is 1.78 bits per heavy atom. The Balaban J connectivity index is 5.03. The lowest BCUT2D eigenvalue weighted by Gasteiger charge is -2.07. The Labute approximate surface area is 111 Å². The van der Waals surface area contributed by atoms with E-state index in [4.69, 9.17) is 4.74 Å². The molecular weight excluding hydrogens is 220 g/mol. The maximum absolute atomic E-state index is 5.60. The fourth-order valence-electron chi connectivity index (χ4n) is 1.21. The molecule has 0 saturated carbocycles. The van der Waals surface area contributed by atoms with Crippen LogP contribution in [0.2, 0.25) is 0 Å². The van der Waals surface area contributed by atoms with Gasteiger partial charge in [0.05, 0.1) is 0 Å². The van der Waals surface area contributed by atoms with Crippen LogP contribution in [0.4, 0.5) is 0 Å². The van der Waals surface area contributed by atoms with E-state index in [0.717, 1.165) is 5.57 Å².